The van der Waals surface area contributed by atoms with Crippen molar-refractivity contribution in [3.05, 3.63) is 83.3 Å². The largest absolute Gasteiger partial charge is 0.323 e. The minimum Gasteiger partial charge on any atom is -0.323 e. The number of carbonyl (C=O) groups is 1. The molecule has 0 bridgehead atoms. The second kappa shape index (κ2) is 10.1. The molecule has 0 aromatic heterocycles. The number of carbonyl (C=O) groups excluding carboxylic acids is 1. The van der Waals surface area contributed by atoms with E-state index in [1.165, 1.54) is 12.1 Å². The summed E-state index contributed by atoms with van der Waals surface area (Å²) in [5.74, 6) is 0.446. The number of hydrogen-bond donors (Lipinski definition) is 1. The predicted molar refractivity (Wildman–Crippen MR) is 127 cm³/mol. The smallest absolute Gasteiger partial charge is 0.264 e. The summed E-state index contributed by atoms with van der Waals surface area (Å²) in [5, 5.41) is 2.86. The van der Waals surface area contributed by atoms with E-state index < -0.39 is 15.9 Å². The summed E-state index contributed by atoms with van der Waals surface area (Å²) < 4.78 is 28.6. The van der Waals surface area contributed by atoms with Crippen LogP contribution in [0.3, 0.4) is 0 Å². The Morgan fingerprint density at radius 2 is 1.60 bits per heavy atom. The van der Waals surface area contributed by atoms with Gasteiger partial charge in [0.1, 0.15) is 6.54 Å². The van der Waals surface area contributed by atoms with Gasteiger partial charge in [-0.2, -0.15) is 0 Å². The minimum absolute atomic E-state index is 0.127. The molecule has 8 heteroatoms. The molecule has 1 N–H and O–H groups in total. The van der Waals surface area contributed by atoms with E-state index in [4.69, 9.17) is 0 Å². The van der Waals surface area contributed by atoms with Crippen LogP contribution in [0.4, 0.5) is 11.4 Å². The maximum absolute atomic E-state index is 13.3. The summed E-state index contributed by atoms with van der Waals surface area (Å²) in [4.78, 5) is 13.9. The molecule has 0 atom stereocenters. The highest BCUT2D eigenvalue weighted by Crippen LogP contribution is 2.28. The van der Waals surface area contributed by atoms with Gasteiger partial charge in [0.2, 0.25) is 5.91 Å². The molecule has 0 fully saturated rings. The van der Waals surface area contributed by atoms with Gasteiger partial charge in [0.25, 0.3) is 10.0 Å². The van der Waals surface area contributed by atoms with E-state index in [0.29, 0.717) is 11.4 Å². The van der Waals surface area contributed by atoms with Crippen LogP contribution in [0.15, 0.2) is 93.1 Å². The van der Waals surface area contributed by atoms with Crippen molar-refractivity contribution in [2.45, 2.75) is 16.7 Å². The van der Waals surface area contributed by atoms with Crippen molar-refractivity contribution in [2.24, 2.45) is 0 Å². The fraction of sp³-hybridized carbons (Fsp3) is 0.136. The molecule has 0 spiro atoms. The summed E-state index contributed by atoms with van der Waals surface area (Å²) in [6.45, 7) is 1.69. The van der Waals surface area contributed by atoms with Crippen molar-refractivity contribution < 1.29 is 13.2 Å². The molecule has 1 amide bonds. The Bertz CT molecular complexity index is 1100. The number of thioether (sulfide) groups is 1. The lowest BCUT2D eigenvalue weighted by atomic mass is 10.3. The van der Waals surface area contributed by atoms with Crippen LogP contribution in [0.1, 0.15) is 6.92 Å². The highest BCUT2D eigenvalue weighted by molar-refractivity contribution is 9.10. The number of rotatable bonds is 8. The lowest BCUT2D eigenvalue weighted by molar-refractivity contribution is -0.114. The molecule has 0 aliphatic carbocycles. The van der Waals surface area contributed by atoms with E-state index >= 15 is 0 Å². The molecule has 3 rings (SSSR count). The van der Waals surface area contributed by atoms with Crippen LogP contribution in [-0.4, -0.2) is 26.6 Å². The number of nitrogens with zero attached hydrogens (tertiary/aromatic N) is 1. The molecule has 156 valence electrons. The van der Waals surface area contributed by atoms with Crippen LogP contribution in [0, 0.1) is 0 Å². The number of sulfonamides is 1. The Balaban J connectivity index is 1.92. The van der Waals surface area contributed by atoms with Crippen LogP contribution in [0.5, 0.6) is 0 Å². The first kappa shape index (κ1) is 22.4. The Hall–Kier alpha value is -2.29. The van der Waals surface area contributed by atoms with Crippen molar-refractivity contribution in [1.82, 2.24) is 0 Å². The molecule has 0 heterocycles. The number of halogens is 1. The zero-order valence-corrected chi connectivity index (χ0v) is 19.5. The van der Waals surface area contributed by atoms with Gasteiger partial charge in [0.15, 0.2) is 0 Å². The lowest BCUT2D eigenvalue weighted by Gasteiger charge is -2.24. The molecular formula is C22H21BrN2O3S2. The van der Waals surface area contributed by atoms with Gasteiger partial charge < -0.3 is 5.32 Å². The Kier molecular flexibility index (Phi) is 7.58. The molecule has 3 aromatic rings. The fourth-order valence-corrected chi connectivity index (χ4v) is 5.28. The second-order valence-corrected chi connectivity index (χ2v) is 10.4. The number of anilines is 2. The molecule has 3 aromatic carbocycles. The maximum Gasteiger partial charge on any atom is 0.264 e. The molecular weight excluding hydrogens is 484 g/mol. The van der Waals surface area contributed by atoms with Crippen molar-refractivity contribution in [3.63, 3.8) is 0 Å². The number of nitrogens with one attached hydrogen (secondary N) is 1. The van der Waals surface area contributed by atoms with E-state index in [1.54, 1.807) is 54.2 Å². The van der Waals surface area contributed by atoms with E-state index in [-0.39, 0.29) is 11.4 Å². The Morgan fingerprint density at radius 1 is 0.967 bits per heavy atom. The van der Waals surface area contributed by atoms with Crippen LogP contribution in [-0.2, 0) is 14.8 Å². The van der Waals surface area contributed by atoms with Crippen molar-refractivity contribution in [3.8, 4) is 0 Å². The zero-order chi connectivity index (χ0) is 21.6. The number of benzene rings is 3. The highest BCUT2D eigenvalue weighted by Gasteiger charge is 2.27. The van der Waals surface area contributed by atoms with E-state index in [9.17, 15) is 13.2 Å². The summed E-state index contributed by atoms with van der Waals surface area (Å²) in [6, 6.07) is 22.4. The van der Waals surface area contributed by atoms with Crippen LogP contribution < -0.4 is 9.62 Å². The molecule has 0 saturated carbocycles. The SMILES string of the molecule is CCSc1ccccc1NC(=O)CN(c1ccc(Br)cc1)S(=O)(=O)c1ccccc1. The van der Waals surface area contributed by atoms with Gasteiger partial charge in [0.05, 0.1) is 16.3 Å². The van der Waals surface area contributed by atoms with Gasteiger partial charge in [-0.1, -0.05) is 53.2 Å². The Morgan fingerprint density at radius 3 is 2.27 bits per heavy atom. The summed E-state index contributed by atoms with van der Waals surface area (Å²) >= 11 is 4.97. The minimum atomic E-state index is -3.92. The van der Waals surface area contributed by atoms with Gasteiger partial charge >= 0.3 is 0 Å². The number of para-hydroxylation sites is 1. The number of hydrogen-bond acceptors (Lipinski definition) is 4. The third-order valence-electron chi connectivity index (χ3n) is 4.19. The monoisotopic (exact) mass is 504 g/mol. The highest BCUT2D eigenvalue weighted by atomic mass is 79.9. The van der Waals surface area contributed by atoms with Gasteiger partial charge in [-0.15, -0.1) is 11.8 Å². The molecule has 30 heavy (non-hydrogen) atoms. The van der Waals surface area contributed by atoms with E-state index in [2.05, 4.69) is 21.2 Å². The average molecular weight is 505 g/mol. The van der Waals surface area contributed by atoms with Crippen molar-refractivity contribution in [1.29, 1.82) is 0 Å². The molecule has 0 aliphatic rings. The topological polar surface area (TPSA) is 66.5 Å². The predicted octanol–water partition coefficient (Wildman–Crippen LogP) is 5.40. The van der Waals surface area contributed by atoms with Gasteiger partial charge in [-0.3, -0.25) is 9.10 Å². The first-order valence-corrected chi connectivity index (χ1v) is 12.5. The molecule has 0 unspecified atom stereocenters. The van der Waals surface area contributed by atoms with Gasteiger partial charge in [0, 0.05) is 9.37 Å². The summed E-state index contributed by atoms with van der Waals surface area (Å²) in [6.07, 6.45) is 0. The van der Waals surface area contributed by atoms with Crippen LogP contribution in [0.25, 0.3) is 0 Å². The average Bonchev–Trinajstić information content (AvgIpc) is 2.75. The fourth-order valence-electron chi connectivity index (χ4n) is 2.81. The van der Waals surface area contributed by atoms with Gasteiger partial charge in [-0.25, -0.2) is 8.42 Å². The van der Waals surface area contributed by atoms with Gasteiger partial charge in [-0.05, 0) is 54.3 Å². The maximum atomic E-state index is 13.3. The lowest BCUT2D eigenvalue weighted by Crippen LogP contribution is -2.38. The first-order valence-electron chi connectivity index (χ1n) is 9.27. The zero-order valence-electron chi connectivity index (χ0n) is 16.3. The van der Waals surface area contributed by atoms with E-state index in [1.807, 2.05) is 31.2 Å². The normalized spacial score (nSPS) is 11.1. The quantitative estimate of drug-likeness (QED) is 0.417. The summed E-state index contributed by atoms with van der Waals surface area (Å²) in [7, 11) is -3.92. The first-order chi connectivity index (χ1) is 14.4. The molecule has 0 radical (unpaired) electrons. The van der Waals surface area contributed by atoms with E-state index in [0.717, 1.165) is 19.4 Å². The third-order valence-corrected chi connectivity index (χ3v) is 7.47. The second-order valence-electron chi connectivity index (χ2n) is 6.28. The standard InChI is InChI=1S/C22H21BrN2O3S2/c1-2-29-21-11-7-6-10-20(21)24-22(26)16-25(18-14-12-17(23)13-15-18)30(27,28)19-8-4-3-5-9-19/h3-15H,2,16H2,1H3,(H,24,26). The molecule has 0 aliphatic heterocycles. The van der Waals surface area contributed by atoms with Crippen molar-refractivity contribution in [2.75, 3.05) is 21.9 Å². The number of amides is 1. The van der Waals surface area contributed by atoms with Crippen molar-refractivity contribution >= 4 is 55.0 Å². The molecule has 0 saturated heterocycles. The van der Waals surface area contributed by atoms with Crippen LogP contribution >= 0.6 is 27.7 Å². The third kappa shape index (κ3) is 5.44. The Labute approximate surface area is 189 Å². The molecule has 5 nitrogen and oxygen atoms in total. The summed E-state index contributed by atoms with van der Waals surface area (Å²) in [5.41, 5.74) is 1.08. The van der Waals surface area contributed by atoms with Crippen LogP contribution in [0.2, 0.25) is 0 Å².